The number of halogens is 2. The summed E-state index contributed by atoms with van der Waals surface area (Å²) < 4.78 is 0. The number of nitrogens with one attached hydrogen (secondary N) is 1. The predicted molar refractivity (Wildman–Crippen MR) is 98.5 cm³/mol. The zero-order valence-corrected chi connectivity index (χ0v) is 14.9. The summed E-state index contributed by atoms with van der Waals surface area (Å²) in [6, 6.07) is 5.91. The highest BCUT2D eigenvalue weighted by atomic mass is 35.5. The smallest absolute Gasteiger partial charge is 0.225 e. The van der Waals surface area contributed by atoms with Gasteiger partial charge < -0.3 is 5.32 Å². The van der Waals surface area contributed by atoms with Crippen LogP contribution in [0.5, 0.6) is 0 Å². The summed E-state index contributed by atoms with van der Waals surface area (Å²) in [6.07, 6.45) is 4.68. The average molecular weight is 364 g/mol. The molecule has 0 saturated carbocycles. The summed E-state index contributed by atoms with van der Waals surface area (Å²) in [5, 5.41) is 5.50. The van der Waals surface area contributed by atoms with Gasteiger partial charge in [0.1, 0.15) is 10.6 Å². The minimum atomic E-state index is 0.275. The Hall–Kier alpha value is -1.36. The number of hydrogen-bond acceptors (Lipinski definition) is 4. The van der Waals surface area contributed by atoms with Crippen LogP contribution >= 0.6 is 34.5 Å². The molecule has 1 aliphatic rings. The number of rotatable bonds is 2. The van der Waals surface area contributed by atoms with Crippen LogP contribution < -0.4 is 5.32 Å². The second kappa shape index (κ2) is 5.93. The number of aromatic nitrogens is 2. The fraction of sp³-hybridized carbons (Fsp3) is 0.294. The summed E-state index contributed by atoms with van der Waals surface area (Å²) in [6.45, 7) is 1.99. The molecule has 2 aromatic heterocycles. The van der Waals surface area contributed by atoms with Crippen LogP contribution in [0.3, 0.4) is 0 Å². The number of thiophene rings is 1. The fourth-order valence-electron chi connectivity index (χ4n) is 3.03. The molecule has 0 atom stereocenters. The third-order valence-electron chi connectivity index (χ3n) is 4.22. The number of benzene rings is 1. The molecule has 0 amide bonds. The average Bonchev–Trinajstić information content (AvgIpc) is 2.89. The lowest BCUT2D eigenvalue weighted by molar-refractivity contribution is 0.700. The van der Waals surface area contributed by atoms with E-state index in [1.165, 1.54) is 23.3 Å². The zero-order chi connectivity index (χ0) is 16.0. The maximum Gasteiger partial charge on any atom is 0.225 e. The SMILES string of the molecule is Cc1ccc(Nc2nc(Cl)nc3sc4c(c23)CCCC4)cc1Cl. The van der Waals surface area contributed by atoms with Crippen molar-refractivity contribution in [2.45, 2.75) is 32.6 Å². The van der Waals surface area contributed by atoms with Crippen molar-refractivity contribution in [1.29, 1.82) is 0 Å². The van der Waals surface area contributed by atoms with Gasteiger partial charge in [-0.05, 0) is 67.5 Å². The third-order valence-corrected chi connectivity index (χ3v) is 5.98. The van der Waals surface area contributed by atoms with Crippen molar-refractivity contribution in [2.24, 2.45) is 0 Å². The second-order valence-corrected chi connectivity index (χ2v) is 7.65. The van der Waals surface area contributed by atoms with Gasteiger partial charge in [0.25, 0.3) is 0 Å². The van der Waals surface area contributed by atoms with Gasteiger partial charge in [-0.3, -0.25) is 0 Å². The van der Waals surface area contributed by atoms with Gasteiger partial charge in [0.2, 0.25) is 5.28 Å². The van der Waals surface area contributed by atoms with E-state index in [1.54, 1.807) is 11.3 Å². The van der Waals surface area contributed by atoms with Crippen LogP contribution in [0.4, 0.5) is 11.5 Å². The van der Waals surface area contributed by atoms with Gasteiger partial charge in [-0.1, -0.05) is 17.7 Å². The van der Waals surface area contributed by atoms with Crippen LogP contribution in [0.15, 0.2) is 18.2 Å². The molecule has 0 bridgehead atoms. The molecule has 0 radical (unpaired) electrons. The van der Waals surface area contributed by atoms with E-state index >= 15 is 0 Å². The molecule has 3 aromatic rings. The highest BCUT2D eigenvalue weighted by Gasteiger charge is 2.21. The Labute approximate surface area is 148 Å². The van der Waals surface area contributed by atoms with E-state index < -0.39 is 0 Å². The van der Waals surface area contributed by atoms with Crippen molar-refractivity contribution in [3.05, 3.63) is 44.5 Å². The molecule has 0 spiro atoms. The maximum atomic E-state index is 6.23. The third kappa shape index (κ3) is 2.80. The molecule has 6 heteroatoms. The lowest BCUT2D eigenvalue weighted by atomic mass is 9.97. The Morgan fingerprint density at radius 1 is 1.13 bits per heavy atom. The highest BCUT2D eigenvalue weighted by molar-refractivity contribution is 7.19. The van der Waals surface area contributed by atoms with Gasteiger partial charge >= 0.3 is 0 Å². The molecule has 3 nitrogen and oxygen atoms in total. The maximum absolute atomic E-state index is 6.23. The monoisotopic (exact) mass is 363 g/mol. The van der Waals surface area contributed by atoms with E-state index in [0.717, 1.165) is 45.1 Å². The number of hydrogen-bond donors (Lipinski definition) is 1. The fourth-order valence-corrected chi connectivity index (χ4v) is 4.69. The van der Waals surface area contributed by atoms with Gasteiger partial charge in [0.05, 0.1) is 5.39 Å². The topological polar surface area (TPSA) is 37.8 Å². The van der Waals surface area contributed by atoms with Gasteiger partial charge in [0.15, 0.2) is 0 Å². The van der Waals surface area contributed by atoms with Crippen molar-refractivity contribution in [2.75, 3.05) is 5.32 Å². The summed E-state index contributed by atoms with van der Waals surface area (Å²) >= 11 is 14.1. The first-order valence-corrected chi connectivity index (χ1v) is 9.20. The predicted octanol–water partition coefficient (Wildman–Crippen LogP) is 5.93. The van der Waals surface area contributed by atoms with Crippen LogP contribution in [0.1, 0.15) is 28.8 Å². The van der Waals surface area contributed by atoms with Gasteiger partial charge in [0, 0.05) is 15.6 Å². The first kappa shape index (κ1) is 15.2. The molecule has 23 heavy (non-hydrogen) atoms. The molecule has 0 aliphatic heterocycles. The van der Waals surface area contributed by atoms with Crippen LogP contribution in [0, 0.1) is 6.92 Å². The van der Waals surface area contributed by atoms with E-state index in [4.69, 9.17) is 23.2 Å². The van der Waals surface area contributed by atoms with Gasteiger partial charge in [-0.2, -0.15) is 4.98 Å². The van der Waals surface area contributed by atoms with Gasteiger partial charge in [-0.15, -0.1) is 11.3 Å². The van der Waals surface area contributed by atoms with E-state index in [-0.39, 0.29) is 5.28 Å². The lowest BCUT2D eigenvalue weighted by Crippen LogP contribution is -2.01. The molecule has 4 rings (SSSR count). The molecule has 0 fully saturated rings. The van der Waals surface area contributed by atoms with E-state index in [0.29, 0.717) is 0 Å². The first-order chi connectivity index (χ1) is 11.1. The lowest BCUT2D eigenvalue weighted by Gasteiger charge is -2.13. The standard InChI is InChI=1S/C17H15Cl2N3S/c1-9-6-7-10(8-12(9)18)20-15-14-11-4-2-3-5-13(11)23-16(14)22-17(19)21-15/h6-8H,2-5H2,1H3,(H,20,21,22). The molecule has 1 aliphatic carbocycles. The quantitative estimate of drug-likeness (QED) is 0.573. The normalized spacial score (nSPS) is 14.0. The van der Waals surface area contributed by atoms with Gasteiger partial charge in [-0.25, -0.2) is 4.98 Å². The summed E-state index contributed by atoms with van der Waals surface area (Å²) in [5.74, 6) is 0.777. The van der Waals surface area contributed by atoms with Crippen molar-refractivity contribution in [1.82, 2.24) is 9.97 Å². The minimum Gasteiger partial charge on any atom is -0.339 e. The van der Waals surface area contributed by atoms with E-state index in [9.17, 15) is 0 Å². The number of anilines is 2. The molecular weight excluding hydrogens is 349 g/mol. The Balaban J connectivity index is 1.85. The summed E-state index contributed by atoms with van der Waals surface area (Å²) in [4.78, 5) is 11.3. The molecule has 1 aromatic carbocycles. The Morgan fingerprint density at radius 2 is 1.96 bits per heavy atom. The summed E-state index contributed by atoms with van der Waals surface area (Å²) in [7, 11) is 0. The van der Waals surface area contributed by atoms with Crippen molar-refractivity contribution < 1.29 is 0 Å². The summed E-state index contributed by atoms with van der Waals surface area (Å²) in [5.41, 5.74) is 3.34. The Kier molecular flexibility index (Phi) is 3.92. The highest BCUT2D eigenvalue weighted by Crippen LogP contribution is 2.40. The number of fused-ring (bicyclic) bond motifs is 3. The molecular formula is C17H15Cl2N3S. The Bertz CT molecular complexity index is 904. The van der Waals surface area contributed by atoms with Crippen LogP contribution in [0.2, 0.25) is 10.3 Å². The van der Waals surface area contributed by atoms with Crippen molar-refractivity contribution in [3.63, 3.8) is 0 Å². The largest absolute Gasteiger partial charge is 0.339 e. The molecule has 2 heterocycles. The van der Waals surface area contributed by atoms with Crippen LogP contribution in [-0.4, -0.2) is 9.97 Å². The molecule has 1 N–H and O–H groups in total. The zero-order valence-electron chi connectivity index (χ0n) is 12.6. The molecule has 0 unspecified atom stereocenters. The van der Waals surface area contributed by atoms with Crippen molar-refractivity contribution >= 4 is 56.3 Å². The first-order valence-electron chi connectivity index (χ1n) is 7.63. The Morgan fingerprint density at radius 3 is 2.78 bits per heavy atom. The van der Waals surface area contributed by atoms with Crippen LogP contribution in [0.25, 0.3) is 10.2 Å². The van der Waals surface area contributed by atoms with E-state index in [1.807, 2.05) is 25.1 Å². The van der Waals surface area contributed by atoms with Crippen molar-refractivity contribution in [3.8, 4) is 0 Å². The van der Waals surface area contributed by atoms with E-state index in [2.05, 4.69) is 15.3 Å². The number of nitrogens with zero attached hydrogens (tertiary/aromatic N) is 2. The van der Waals surface area contributed by atoms with Crippen LogP contribution in [-0.2, 0) is 12.8 Å². The second-order valence-electron chi connectivity index (χ2n) is 5.82. The minimum absolute atomic E-state index is 0.275. The molecule has 0 saturated heterocycles. The molecule has 118 valence electrons. The number of aryl methyl sites for hydroxylation is 3.